The first-order valence-corrected chi connectivity index (χ1v) is 9.23. The van der Waals surface area contributed by atoms with Gasteiger partial charge in [0.05, 0.1) is 0 Å². The maximum absolute atomic E-state index is 12.5. The molecule has 0 bridgehead atoms. The summed E-state index contributed by atoms with van der Waals surface area (Å²) in [5.41, 5.74) is -0.491. The zero-order valence-corrected chi connectivity index (χ0v) is 16.7. The quantitative estimate of drug-likeness (QED) is 0.794. The highest BCUT2D eigenvalue weighted by atomic mass is 79.9. The van der Waals surface area contributed by atoms with Gasteiger partial charge in [0.15, 0.2) is 0 Å². The number of hydrogen-bond acceptors (Lipinski definition) is 3. The van der Waals surface area contributed by atoms with Crippen LogP contribution < -0.4 is 10.9 Å². The predicted molar refractivity (Wildman–Crippen MR) is 104 cm³/mol. The number of rotatable bonds is 5. The van der Waals surface area contributed by atoms with Crippen molar-refractivity contribution in [3.63, 3.8) is 0 Å². The summed E-state index contributed by atoms with van der Waals surface area (Å²) in [7, 11) is 0. The maximum atomic E-state index is 12.5. The fourth-order valence-electron chi connectivity index (χ4n) is 2.58. The van der Waals surface area contributed by atoms with Gasteiger partial charge in [0.1, 0.15) is 5.60 Å². The highest BCUT2D eigenvalue weighted by Gasteiger charge is 2.17. The van der Waals surface area contributed by atoms with E-state index in [0.29, 0.717) is 11.9 Å². The Kier molecular flexibility index (Phi) is 6.27. The summed E-state index contributed by atoms with van der Waals surface area (Å²) in [5.74, 6) is 0. The first-order valence-electron chi connectivity index (χ1n) is 8.44. The number of halogens is 1. The van der Waals surface area contributed by atoms with Gasteiger partial charge in [-0.25, -0.2) is 4.79 Å². The van der Waals surface area contributed by atoms with E-state index in [-0.39, 0.29) is 11.6 Å². The largest absolute Gasteiger partial charge is 0.444 e. The zero-order valence-electron chi connectivity index (χ0n) is 15.1. The van der Waals surface area contributed by atoms with Crippen molar-refractivity contribution in [3.8, 4) is 0 Å². The number of pyridine rings is 1. The number of nitrogens with one attached hydrogen (secondary N) is 1. The molecule has 0 saturated heterocycles. The molecule has 6 heteroatoms. The van der Waals surface area contributed by atoms with Crippen LogP contribution in [0.5, 0.6) is 0 Å². The third kappa shape index (κ3) is 5.88. The van der Waals surface area contributed by atoms with Gasteiger partial charge in [-0.1, -0.05) is 15.9 Å². The fourth-order valence-corrected chi connectivity index (χ4v) is 2.96. The smallest absolute Gasteiger partial charge is 0.407 e. The number of amides is 1. The first kappa shape index (κ1) is 19.5. The molecule has 1 N–H and O–H groups in total. The number of ether oxygens (including phenoxy) is 1. The van der Waals surface area contributed by atoms with Crippen molar-refractivity contribution in [2.24, 2.45) is 0 Å². The van der Waals surface area contributed by atoms with E-state index in [1.165, 1.54) is 0 Å². The lowest BCUT2D eigenvalue weighted by molar-refractivity contribution is 0.0505. The lowest BCUT2D eigenvalue weighted by Gasteiger charge is -2.22. The molecule has 1 aromatic carbocycles. The van der Waals surface area contributed by atoms with E-state index in [4.69, 9.17) is 4.74 Å². The maximum Gasteiger partial charge on any atom is 0.407 e. The van der Waals surface area contributed by atoms with Crippen molar-refractivity contribution in [2.45, 2.75) is 58.7 Å². The fraction of sp³-hybridized carbons (Fsp3) is 0.474. The van der Waals surface area contributed by atoms with Crippen molar-refractivity contribution in [3.05, 3.63) is 45.3 Å². The highest BCUT2D eigenvalue weighted by Crippen LogP contribution is 2.17. The molecule has 0 aliphatic carbocycles. The summed E-state index contributed by atoms with van der Waals surface area (Å²) < 4.78 is 7.92. The van der Waals surface area contributed by atoms with Crippen LogP contribution in [0, 0.1) is 0 Å². The summed E-state index contributed by atoms with van der Waals surface area (Å²) in [5, 5.41) is 4.46. The van der Waals surface area contributed by atoms with Crippen molar-refractivity contribution in [1.29, 1.82) is 0 Å². The number of fused-ring (bicyclic) bond motifs is 1. The molecule has 1 heterocycles. The molecule has 0 aliphatic rings. The average molecular weight is 409 g/mol. The average Bonchev–Trinajstić information content (AvgIpc) is 2.47. The topological polar surface area (TPSA) is 60.3 Å². The van der Waals surface area contributed by atoms with Crippen molar-refractivity contribution in [1.82, 2.24) is 9.88 Å². The molecule has 1 unspecified atom stereocenters. The molecule has 2 aromatic rings. The van der Waals surface area contributed by atoms with Crippen LogP contribution in [-0.4, -0.2) is 22.3 Å². The van der Waals surface area contributed by atoms with E-state index in [1.54, 1.807) is 4.57 Å². The van der Waals surface area contributed by atoms with Gasteiger partial charge in [0.2, 0.25) is 0 Å². The Balaban J connectivity index is 1.90. The van der Waals surface area contributed by atoms with Gasteiger partial charge in [0.25, 0.3) is 5.56 Å². The standard InChI is InChI=1S/C19H25BrN2O3/c1-13(21-18(24)25-19(2,3)4)6-5-10-22-11-9-14-12-15(20)7-8-16(14)17(22)23/h7-9,11-13H,5-6,10H2,1-4H3,(H,21,24). The number of hydrogen-bond donors (Lipinski definition) is 1. The minimum Gasteiger partial charge on any atom is -0.444 e. The van der Waals surface area contributed by atoms with Crippen LogP contribution in [0.15, 0.2) is 39.7 Å². The Morgan fingerprint density at radius 2 is 2.04 bits per heavy atom. The van der Waals surface area contributed by atoms with Crippen molar-refractivity contribution < 1.29 is 9.53 Å². The molecule has 0 saturated carbocycles. The van der Waals surface area contributed by atoms with Gasteiger partial charge in [-0.15, -0.1) is 0 Å². The van der Waals surface area contributed by atoms with Crippen LogP contribution in [-0.2, 0) is 11.3 Å². The number of benzene rings is 1. The Morgan fingerprint density at radius 1 is 1.32 bits per heavy atom. The van der Waals surface area contributed by atoms with Crippen LogP contribution >= 0.6 is 15.9 Å². The lowest BCUT2D eigenvalue weighted by atomic mass is 10.1. The monoisotopic (exact) mass is 408 g/mol. The van der Waals surface area contributed by atoms with Gasteiger partial charge >= 0.3 is 6.09 Å². The summed E-state index contributed by atoms with van der Waals surface area (Å²) in [4.78, 5) is 24.2. The molecule has 0 spiro atoms. The number of carbonyl (C=O) groups excluding carboxylic acids is 1. The zero-order chi connectivity index (χ0) is 18.6. The molecule has 1 aromatic heterocycles. The number of aryl methyl sites for hydroxylation is 1. The molecule has 136 valence electrons. The summed E-state index contributed by atoms with van der Waals surface area (Å²) in [6.45, 7) is 8.06. The molecule has 5 nitrogen and oxygen atoms in total. The molecular formula is C19H25BrN2O3. The van der Waals surface area contributed by atoms with E-state index in [2.05, 4.69) is 21.2 Å². The second kappa shape index (κ2) is 8.04. The highest BCUT2D eigenvalue weighted by molar-refractivity contribution is 9.10. The van der Waals surface area contributed by atoms with Gasteiger partial charge < -0.3 is 14.6 Å². The van der Waals surface area contributed by atoms with Gasteiger partial charge in [-0.05, 0) is 70.2 Å². The SMILES string of the molecule is CC(CCCn1ccc2cc(Br)ccc2c1=O)NC(=O)OC(C)(C)C. The molecular weight excluding hydrogens is 384 g/mol. The Labute approximate surface area is 156 Å². The van der Waals surface area contributed by atoms with E-state index in [1.807, 2.05) is 58.2 Å². The molecule has 1 amide bonds. The second-order valence-corrected chi connectivity index (χ2v) is 8.15. The third-order valence-electron chi connectivity index (χ3n) is 3.74. The molecule has 1 atom stereocenters. The van der Waals surface area contributed by atoms with Crippen LogP contribution in [0.1, 0.15) is 40.5 Å². The predicted octanol–water partition coefficient (Wildman–Crippen LogP) is 4.46. The molecule has 0 aliphatic heterocycles. The van der Waals surface area contributed by atoms with E-state index in [0.717, 1.165) is 22.7 Å². The third-order valence-corrected chi connectivity index (χ3v) is 4.23. The molecule has 25 heavy (non-hydrogen) atoms. The Morgan fingerprint density at radius 3 is 2.72 bits per heavy atom. The Bertz CT molecular complexity index is 808. The van der Waals surface area contributed by atoms with E-state index >= 15 is 0 Å². The minimum atomic E-state index is -0.503. The molecule has 2 rings (SSSR count). The lowest BCUT2D eigenvalue weighted by Crippen LogP contribution is -2.37. The number of alkyl carbamates (subject to hydrolysis) is 1. The van der Waals surface area contributed by atoms with Crippen LogP contribution in [0.2, 0.25) is 0 Å². The van der Waals surface area contributed by atoms with E-state index in [9.17, 15) is 9.59 Å². The second-order valence-electron chi connectivity index (χ2n) is 7.24. The normalized spacial score (nSPS) is 12.8. The molecule has 0 radical (unpaired) electrons. The van der Waals surface area contributed by atoms with Crippen LogP contribution in [0.4, 0.5) is 4.79 Å². The van der Waals surface area contributed by atoms with Crippen molar-refractivity contribution >= 4 is 32.8 Å². The van der Waals surface area contributed by atoms with Gasteiger partial charge in [-0.2, -0.15) is 0 Å². The Hall–Kier alpha value is -1.82. The van der Waals surface area contributed by atoms with Gasteiger partial charge in [-0.3, -0.25) is 4.79 Å². The number of nitrogens with zero attached hydrogens (tertiary/aromatic N) is 1. The van der Waals surface area contributed by atoms with E-state index < -0.39 is 11.7 Å². The number of aromatic nitrogens is 1. The molecule has 0 fully saturated rings. The first-order chi connectivity index (χ1) is 11.7. The summed E-state index contributed by atoms with van der Waals surface area (Å²) >= 11 is 3.42. The summed E-state index contributed by atoms with van der Waals surface area (Å²) in [6.07, 6.45) is 2.97. The summed E-state index contributed by atoms with van der Waals surface area (Å²) in [6, 6.07) is 7.59. The van der Waals surface area contributed by atoms with Gasteiger partial charge in [0, 0.05) is 28.6 Å². The minimum absolute atomic E-state index is 0.0118. The van der Waals surface area contributed by atoms with Crippen LogP contribution in [0.25, 0.3) is 10.8 Å². The van der Waals surface area contributed by atoms with Crippen LogP contribution in [0.3, 0.4) is 0 Å². The van der Waals surface area contributed by atoms with Crippen molar-refractivity contribution in [2.75, 3.05) is 0 Å². The number of carbonyl (C=O) groups is 1.